The molecule has 0 aromatic rings. The van der Waals surface area contributed by atoms with Crippen molar-refractivity contribution in [3.8, 4) is 0 Å². The van der Waals surface area contributed by atoms with Gasteiger partial charge >= 0.3 is 0 Å². The summed E-state index contributed by atoms with van der Waals surface area (Å²) in [6.45, 7) is 18.8. The van der Waals surface area contributed by atoms with E-state index in [1.807, 2.05) is 0 Å². The molecule has 1 heterocycles. The van der Waals surface area contributed by atoms with Crippen molar-refractivity contribution in [2.75, 3.05) is 0 Å². The number of allylic oxidation sites excluding steroid dienone is 1. The van der Waals surface area contributed by atoms with Gasteiger partial charge in [0.05, 0.1) is 11.7 Å². The summed E-state index contributed by atoms with van der Waals surface area (Å²) in [6.07, 6.45) is 12.8. The number of ether oxygens (including phenoxy) is 1. The molecule has 0 bridgehead atoms. The predicted molar refractivity (Wildman–Crippen MR) is 127 cm³/mol. The van der Waals surface area contributed by atoms with Gasteiger partial charge in [-0.05, 0) is 112 Å². The minimum absolute atomic E-state index is 0.103. The molecule has 174 valence electrons. The molecule has 2 nitrogen and oxygen atoms in total. The van der Waals surface area contributed by atoms with Crippen LogP contribution in [-0.4, -0.2) is 17.5 Å². The maximum atomic E-state index is 12.8. The molecule has 4 saturated carbocycles. The molecule has 5 rings (SSSR count). The summed E-state index contributed by atoms with van der Waals surface area (Å²) in [5.41, 5.74) is 2.33. The quantitative estimate of drug-likeness (QED) is 0.347. The number of fused-ring (bicyclic) bond motifs is 5. The van der Waals surface area contributed by atoms with Crippen LogP contribution in [0.3, 0.4) is 0 Å². The fraction of sp³-hybridized carbons (Fsp3) is 0.897. The van der Waals surface area contributed by atoms with E-state index in [1.54, 1.807) is 0 Å². The van der Waals surface area contributed by atoms with Crippen molar-refractivity contribution < 1.29 is 9.53 Å². The average Bonchev–Trinajstić information content (AvgIpc) is 3.15. The van der Waals surface area contributed by atoms with Gasteiger partial charge in [0.25, 0.3) is 0 Å². The van der Waals surface area contributed by atoms with E-state index in [9.17, 15) is 4.79 Å². The first-order valence-corrected chi connectivity index (χ1v) is 13.3. The zero-order valence-corrected chi connectivity index (χ0v) is 21.1. The molecule has 2 unspecified atom stereocenters. The summed E-state index contributed by atoms with van der Waals surface area (Å²) < 4.78 is 5.84. The number of epoxide rings is 1. The lowest BCUT2D eigenvalue weighted by molar-refractivity contribution is -0.167. The Labute approximate surface area is 191 Å². The van der Waals surface area contributed by atoms with Crippen LogP contribution in [0, 0.1) is 45.8 Å². The molecule has 4 aliphatic carbocycles. The maximum absolute atomic E-state index is 12.8. The van der Waals surface area contributed by atoms with Gasteiger partial charge in [-0.3, -0.25) is 4.79 Å². The lowest BCUT2D eigenvalue weighted by Gasteiger charge is -2.64. The molecule has 0 aromatic heterocycles. The summed E-state index contributed by atoms with van der Waals surface area (Å²) in [5, 5.41) is 0. The smallest absolute Gasteiger partial charge is 0.138 e. The molecule has 0 radical (unpaired) electrons. The van der Waals surface area contributed by atoms with Crippen molar-refractivity contribution in [3.63, 3.8) is 0 Å². The van der Waals surface area contributed by atoms with E-state index in [0.717, 1.165) is 49.4 Å². The van der Waals surface area contributed by atoms with Crippen molar-refractivity contribution in [2.24, 2.45) is 45.8 Å². The average molecular weight is 427 g/mol. The molecular weight excluding hydrogens is 380 g/mol. The van der Waals surface area contributed by atoms with Crippen molar-refractivity contribution in [3.05, 3.63) is 12.2 Å². The highest BCUT2D eigenvalue weighted by Crippen LogP contribution is 2.70. The minimum Gasteiger partial charge on any atom is -0.367 e. The third-order valence-electron chi connectivity index (χ3n) is 11.8. The Morgan fingerprint density at radius 1 is 0.903 bits per heavy atom. The highest BCUT2D eigenvalue weighted by molar-refractivity contribution is 5.85. The number of ketones is 1. The molecule has 5 fully saturated rings. The lowest BCUT2D eigenvalue weighted by Crippen LogP contribution is -2.59. The summed E-state index contributed by atoms with van der Waals surface area (Å²) >= 11 is 0. The van der Waals surface area contributed by atoms with Crippen LogP contribution < -0.4 is 0 Å². The third kappa shape index (κ3) is 3.17. The van der Waals surface area contributed by atoms with Gasteiger partial charge in [0.1, 0.15) is 5.78 Å². The van der Waals surface area contributed by atoms with Gasteiger partial charge in [0.2, 0.25) is 0 Å². The zero-order valence-electron chi connectivity index (χ0n) is 21.1. The van der Waals surface area contributed by atoms with Gasteiger partial charge in [0.15, 0.2) is 0 Å². The fourth-order valence-corrected chi connectivity index (χ4v) is 9.75. The molecule has 0 N–H and O–H groups in total. The number of carbonyl (C=O) groups is 1. The van der Waals surface area contributed by atoms with Gasteiger partial charge in [-0.1, -0.05) is 39.8 Å². The second-order valence-electron chi connectivity index (χ2n) is 13.7. The Bertz CT molecular complexity index is 778. The Hall–Kier alpha value is -0.630. The molecule has 1 aliphatic heterocycles. The maximum Gasteiger partial charge on any atom is 0.138 e. The normalized spacial score (nSPS) is 49.7. The Balaban J connectivity index is 1.32. The molecule has 1 saturated heterocycles. The van der Waals surface area contributed by atoms with Crippen LogP contribution in [0.1, 0.15) is 106 Å². The van der Waals surface area contributed by atoms with Crippen LogP contribution in [0.2, 0.25) is 0 Å². The molecule has 8 atom stereocenters. The Morgan fingerprint density at radius 2 is 1.52 bits per heavy atom. The minimum atomic E-state index is -0.124. The summed E-state index contributed by atoms with van der Waals surface area (Å²) in [4.78, 5) is 12.8. The van der Waals surface area contributed by atoms with Crippen LogP contribution in [0.25, 0.3) is 0 Å². The number of hydrogen-bond acceptors (Lipinski definition) is 2. The van der Waals surface area contributed by atoms with E-state index >= 15 is 0 Å². The van der Waals surface area contributed by atoms with Crippen molar-refractivity contribution >= 4 is 5.78 Å². The third-order valence-corrected chi connectivity index (χ3v) is 11.8. The number of rotatable bonds is 4. The molecule has 0 amide bonds. The SMILES string of the molecule is C=C(CCC1OC1(C)C)[C@H]1CC[C@@]2(C)[C@@H]1CC[C@H]1[C@H]2CCC2C(C)(C)C(=O)CC[C@@]21C. The lowest BCUT2D eigenvalue weighted by atomic mass is 9.40. The van der Waals surface area contributed by atoms with Crippen LogP contribution >= 0.6 is 0 Å². The van der Waals surface area contributed by atoms with Crippen LogP contribution in [0.4, 0.5) is 0 Å². The van der Waals surface area contributed by atoms with E-state index < -0.39 is 0 Å². The molecule has 0 aromatic carbocycles. The van der Waals surface area contributed by atoms with Gasteiger partial charge in [-0.2, -0.15) is 0 Å². The van der Waals surface area contributed by atoms with Gasteiger partial charge in [-0.25, -0.2) is 0 Å². The van der Waals surface area contributed by atoms with Crippen molar-refractivity contribution in [1.82, 2.24) is 0 Å². The highest BCUT2D eigenvalue weighted by atomic mass is 16.6. The molecule has 31 heavy (non-hydrogen) atoms. The Morgan fingerprint density at radius 3 is 2.19 bits per heavy atom. The van der Waals surface area contributed by atoms with E-state index in [-0.39, 0.29) is 11.0 Å². The monoisotopic (exact) mass is 426 g/mol. The van der Waals surface area contributed by atoms with Crippen LogP contribution in [0.5, 0.6) is 0 Å². The van der Waals surface area contributed by atoms with E-state index in [1.165, 1.54) is 44.1 Å². The number of carbonyl (C=O) groups excluding carboxylic acids is 1. The number of Topliss-reactive ketones (excluding diaryl/α,β-unsaturated/α-hetero) is 1. The van der Waals surface area contributed by atoms with Gasteiger partial charge in [-0.15, -0.1) is 0 Å². The first-order valence-electron chi connectivity index (χ1n) is 13.3. The van der Waals surface area contributed by atoms with E-state index in [2.05, 4.69) is 48.1 Å². The summed E-state index contributed by atoms with van der Waals surface area (Å²) in [7, 11) is 0. The standard InChI is InChI=1S/C29H46O2/c1-18(8-13-25-27(4,5)31-25)19-14-16-28(6)20(19)9-10-22-21(28)11-12-23-26(2,3)24(30)15-17-29(22,23)7/h19-23,25H,1,8-17H2,2-7H3/t19-,20-,21-,22+,23?,25?,28+,29-/m1/s1. The highest BCUT2D eigenvalue weighted by Gasteiger charge is 2.64. The van der Waals surface area contributed by atoms with Gasteiger partial charge in [0, 0.05) is 11.8 Å². The summed E-state index contributed by atoms with van der Waals surface area (Å²) in [6, 6.07) is 0. The predicted octanol–water partition coefficient (Wildman–Crippen LogP) is 7.36. The van der Waals surface area contributed by atoms with Crippen LogP contribution in [0.15, 0.2) is 12.2 Å². The second-order valence-corrected chi connectivity index (χ2v) is 13.7. The van der Waals surface area contributed by atoms with E-state index in [0.29, 0.717) is 28.6 Å². The topological polar surface area (TPSA) is 29.6 Å². The van der Waals surface area contributed by atoms with Gasteiger partial charge < -0.3 is 4.74 Å². The molecule has 2 heteroatoms. The van der Waals surface area contributed by atoms with Crippen molar-refractivity contribution in [1.29, 1.82) is 0 Å². The molecular formula is C29H46O2. The largest absolute Gasteiger partial charge is 0.367 e. The number of hydrogen-bond donors (Lipinski definition) is 0. The van der Waals surface area contributed by atoms with Crippen LogP contribution in [-0.2, 0) is 9.53 Å². The van der Waals surface area contributed by atoms with Crippen molar-refractivity contribution in [2.45, 2.75) is 117 Å². The first kappa shape index (κ1) is 22.2. The summed E-state index contributed by atoms with van der Waals surface area (Å²) in [5.74, 6) is 4.31. The molecule has 0 spiro atoms. The zero-order chi connectivity index (χ0) is 22.4. The fourth-order valence-electron chi connectivity index (χ4n) is 9.75. The second kappa shape index (κ2) is 6.94. The Kier molecular flexibility index (Phi) is 4.96. The molecule has 5 aliphatic rings. The van der Waals surface area contributed by atoms with E-state index in [4.69, 9.17) is 4.74 Å². The first-order chi connectivity index (χ1) is 14.4.